The van der Waals surface area contributed by atoms with Crippen molar-refractivity contribution in [3.8, 4) is 5.75 Å². The van der Waals surface area contributed by atoms with Crippen LogP contribution in [0.3, 0.4) is 0 Å². The highest BCUT2D eigenvalue weighted by Crippen LogP contribution is 2.18. The van der Waals surface area contributed by atoms with Crippen LogP contribution in [0.1, 0.15) is 23.2 Å². The smallest absolute Gasteiger partial charge is 0.255 e. The second-order valence-electron chi connectivity index (χ2n) is 5.38. The molecule has 21 heavy (non-hydrogen) atoms. The zero-order valence-corrected chi connectivity index (χ0v) is 11.9. The summed E-state index contributed by atoms with van der Waals surface area (Å²) in [6.07, 6.45) is 1.95. The van der Waals surface area contributed by atoms with E-state index in [1.807, 2.05) is 0 Å². The number of amides is 1. The van der Waals surface area contributed by atoms with Crippen molar-refractivity contribution < 1.29 is 19.4 Å². The van der Waals surface area contributed by atoms with E-state index >= 15 is 0 Å². The standard InChI is InChI=1S/C15H21FN2O3/c16-12-1-2-13(14(20)9-12)15(21)17-5-8-18-6-3-11(10-19)4-7-18/h1-2,9,11,19-20H,3-8,10H2,(H,17,21). The lowest BCUT2D eigenvalue weighted by Crippen LogP contribution is -2.40. The van der Waals surface area contributed by atoms with Crippen molar-refractivity contribution in [3.63, 3.8) is 0 Å². The first kappa shape index (κ1) is 15.7. The Morgan fingerprint density at radius 2 is 2.10 bits per heavy atom. The molecule has 0 atom stereocenters. The van der Waals surface area contributed by atoms with Gasteiger partial charge in [-0.1, -0.05) is 0 Å². The van der Waals surface area contributed by atoms with E-state index in [9.17, 15) is 14.3 Å². The molecule has 3 N–H and O–H groups in total. The average Bonchev–Trinajstić information content (AvgIpc) is 2.47. The number of phenolic OH excluding ortho intramolecular Hbond substituents is 1. The highest BCUT2D eigenvalue weighted by molar-refractivity contribution is 5.96. The van der Waals surface area contributed by atoms with Crippen LogP contribution in [0.2, 0.25) is 0 Å². The minimum Gasteiger partial charge on any atom is -0.507 e. The molecule has 1 aromatic rings. The molecular weight excluding hydrogens is 275 g/mol. The normalized spacial score (nSPS) is 16.9. The predicted molar refractivity (Wildman–Crippen MR) is 76.6 cm³/mol. The molecule has 1 aliphatic heterocycles. The lowest BCUT2D eigenvalue weighted by atomic mass is 9.98. The molecule has 6 heteroatoms. The number of carbonyl (C=O) groups is 1. The molecule has 5 nitrogen and oxygen atoms in total. The summed E-state index contributed by atoms with van der Waals surface area (Å²) in [5.74, 6) is -0.934. The number of aromatic hydroxyl groups is 1. The summed E-state index contributed by atoms with van der Waals surface area (Å²) in [5, 5.41) is 21.3. The third kappa shape index (κ3) is 4.41. The van der Waals surface area contributed by atoms with Gasteiger partial charge in [-0.2, -0.15) is 0 Å². The highest BCUT2D eigenvalue weighted by Gasteiger charge is 2.18. The quantitative estimate of drug-likeness (QED) is 0.757. The number of benzene rings is 1. The minimum atomic E-state index is -0.573. The van der Waals surface area contributed by atoms with E-state index in [-0.39, 0.29) is 17.9 Å². The first-order valence-electron chi connectivity index (χ1n) is 7.20. The van der Waals surface area contributed by atoms with Gasteiger partial charge in [0.2, 0.25) is 0 Å². The van der Waals surface area contributed by atoms with Crippen molar-refractivity contribution >= 4 is 5.91 Å². The Kier molecular flexibility index (Phi) is 5.52. The summed E-state index contributed by atoms with van der Waals surface area (Å²) in [6, 6.07) is 3.34. The molecule has 1 fully saturated rings. The third-order valence-corrected chi connectivity index (χ3v) is 3.88. The van der Waals surface area contributed by atoms with Gasteiger partial charge in [0.25, 0.3) is 5.91 Å². The van der Waals surface area contributed by atoms with Crippen LogP contribution in [0.4, 0.5) is 4.39 Å². The van der Waals surface area contributed by atoms with Crippen LogP contribution in [0.25, 0.3) is 0 Å². The fraction of sp³-hybridized carbons (Fsp3) is 0.533. The third-order valence-electron chi connectivity index (χ3n) is 3.88. The number of rotatable bonds is 5. The van der Waals surface area contributed by atoms with Gasteiger partial charge in [0.1, 0.15) is 11.6 Å². The Hall–Kier alpha value is -1.66. The molecule has 0 unspecified atom stereocenters. The van der Waals surface area contributed by atoms with Crippen LogP contribution in [-0.2, 0) is 0 Å². The molecule has 2 rings (SSSR count). The summed E-state index contributed by atoms with van der Waals surface area (Å²) >= 11 is 0. The molecule has 116 valence electrons. The Bertz CT molecular complexity index is 488. The second-order valence-corrected chi connectivity index (χ2v) is 5.38. The van der Waals surface area contributed by atoms with Crippen molar-refractivity contribution in [2.75, 3.05) is 32.8 Å². The van der Waals surface area contributed by atoms with Crippen molar-refractivity contribution in [3.05, 3.63) is 29.6 Å². The van der Waals surface area contributed by atoms with E-state index in [0.29, 0.717) is 12.5 Å². The van der Waals surface area contributed by atoms with Gasteiger partial charge < -0.3 is 20.4 Å². The van der Waals surface area contributed by atoms with E-state index in [1.54, 1.807) is 0 Å². The van der Waals surface area contributed by atoms with Crippen molar-refractivity contribution in [2.45, 2.75) is 12.8 Å². The van der Waals surface area contributed by atoms with Crippen LogP contribution in [0.5, 0.6) is 5.75 Å². The Morgan fingerprint density at radius 3 is 2.71 bits per heavy atom. The predicted octanol–water partition coefficient (Wildman–Crippen LogP) is 0.965. The van der Waals surface area contributed by atoms with Crippen LogP contribution >= 0.6 is 0 Å². The maximum Gasteiger partial charge on any atom is 0.255 e. The lowest BCUT2D eigenvalue weighted by molar-refractivity contribution is 0.0936. The molecule has 0 radical (unpaired) electrons. The number of phenols is 1. The van der Waals surface area contributed by atoms with Gasteiger partial charge in [-0.25, -0.2) is 4.39 Å². The number of aliphatic hydroxyl groups is 1. The second kappa shape index (κ2) is 7.38. The Labute approximate surface area is 123 Å². The summed E-state index contributed by atoms with van der Waals surface area (Å²) in [7, 11) is 0. The molecule has 1 heterocycles. The van der Waals surface area contributed by atoms with Gasteiger partial charge in [0.15, 0.2) is 0 Å². The van der Waals surface area contributed by atoms with Gasteiger partial charge in [0.05, 0.1) is 5.56 Å². The minimum absolute atomic E-state index is 0.0791. The largest absolute Gasteiger partial charge is 0.507 e. The van der Waals surface area contributed by atoms with Crippen LogP contribution < -0.4 is 5.32 Å². The Morgan fingerprint density at radius 1 is 1.38 bits per heavy atom. The number of nitrogens with one attached hydrogen (secondary N) is 1. The number of halogens is 1. The zero-order chi connectivity index (χ0) is 15.2. The van der Waals surface area contributed by atoms with Crippen molar-refractivity contribution in [1.82, 2.24) is 10.2 Å². The van der Waals surface area contributed by atoms with Crippen LogP contribution in [0, 0.1) is 11.7 Å². The monoisotopic (exact) mass is 296 g/mol. The maximum absolute atomic E-state index is 12.9. The summed E-state index contributed by atoms with van der Waals surface area (Å²) < 4.78 is 12.9. The lowest BCUT2D eigenvalue weighted by Gasteiger charge is -2.30. The zero-order valence-electron chi connectivity index (χ0n) is 11.9. The molecule has 1 aliphatic rings. The number of hydrogen-bond acceptors (Lipinski definition) is 4. The summed E-state index contributed by atoms with van der Waals surface area (Å²) in [6.45, 7) is 3.28. The van der Waals surface area contributed by atoms with E-state index in [0.717, 1.165) is 44.6 Å². The van der Waals surface area contributed by atoms with Crippen molar-refractivity contribution in [2.24, 2.45) is 5.92 Å². The molecular formula is C15H21FN2O3. The first-order valence-corrected chi connectivity index (χ1v) is 7.20. The van der Waals surface area contributed by atoms with Gasteiger partial charge in [0, 0.05) is 25.8 Å². The average molecular weight is 296 g/mol. The highest BCUT2D eigenvalue weighted by atomic mass is 19.1. The number of aliphatic hydroxyl groups excluding tert-OH is 1. The number of nitrogens with zero attached hydrogens (tertiary/aromatic N) is 1. The van der Waals surface area contributed by atoms with Gasteiger partial charge in [-0.05, 0) is 44.0 Å². The number of likely N-dealkylation sites (tertiary alicyclic amines) is 1. The van der Waals surface area contributed by atoms with Gasteiger partial charge >= 0.3 is 0 Å². The van der Waals surface area contributed by atoms with E-state index < -0.39 is 11.7 Å². The Balaban J connectivity index is 1.74. The molecule has 0 saturated carbocycles. The molecule has 1 saturated heterocycles. The summed E-state index contributed by atoms with van der Waals surface area (Å²) in [5.41, 5.74) is 0.0791. The molecule has 1 aromatic carbocycles. The van der Waals surface area contributed by atoms with Crippen molar-refractivity contribution in [1.29, 1.82) is 0 Å². The number of hydrogen-bond donors (Lipinski definition) is 3. The van der Waals surface area contributed by atoms with Gasteiger partial charge in [-0.15, -0.1) is 0 Å². The van der Waals surface area contributed by atoms with Crippen LogP contribution in [-0.4, -0.2) is 53.8 Å². The number of piperidine rings is 1. The first-order chi connectivity index (χ1) is 10.1. The van der Waals surface area contributed by atoms with Crippen LogP contribution in [0.15, 0.2) is 18.2 Å². The van der Waals surface area contributed by atoms with E-state index in [4.69, 9.17) is 5.11 Å². The SMILES string of the molecule is O=C(NCCN1CCC(CO)CC1)c1ccc(F)cc1O. The fourth-order valence-corrected chi connectivity index (χ4v) is 2.51. The maximum atomic E-state index is 12.9. The molecule has 0 spiro atoms. The molecule has 0 aromatic heterocycles. The molecule has 1 amide bonds. The van der Waals surface area contributed by atoms with E-state index in [1.165, 1.54) is 6.07 Å². The summed E-state index contributed by atoms with van der Waals surface area (Å²) in [4.78, 5) is 14.1. The molecule has 0 bridgehead atoms. The van der Waals surface area contributed by atoms with Gasteiger partial charge in [-0.3, -0.25) is 4.79 Å². The number of carbonyl (C=O) groups excluding carboxylic acids is 1. The van der Waals surface area contributed by atoms with E-state index in [2.05, 4.69) is 10.2 Å². The topological polar surface area (TPSA) is 72.8 Å². The fourth-order valence-electron chi connectivity index (χ4n) is 2.51. The molecule has 0 aliphatic carbocycles.